The molecule has 0 fully saturated rings. The zero-order valence-electron chi connectivity index (χ0n) is 12.2. The standard InChI is InChI=1S/C14H22N2O3/c1-6-18-12-7-10(2)11(8-15-12)9-16-13(17)19-14(3,4)5/h7-8H,6,9H2,1-5H3,(H,16,17). The van der Waals surface area contributed by atoms with Gasteiger partial charge in [0.15, 0.2) is 0 Å². The predicted octanol–water partition coefficient (Wildman–Crippen LogP) is 2.81. The van der Waals surface area contributed by atoms with Gasteiger partial charge in [0.05, 0.1) is 6.61 Å². The first-order chi connectivity index (χ1) is 8.81. The highest BCUT2D eigenvalue weighted by Gasteiger charge is 2.16. The lowest BCUT2D eigenvalue weighted by Crippen LogP contribution is -2.32. The molecule has 0 aliphatic carbocycles. The van der Waals surface area contributed by atoms with Gasteiger partial charge >= 0.3 is 6.09 Å². The fourth-order valence-electron chi connectivity index (χ4n) is 1.45. The third kappa shape index (κ3) is 5.59. The van der Waals surface area contributed by atoms with Crippen LogP contribution in [-0.2, 0) is 11.3 Å². The molecule has 0 bridgehead atoms. The number of ether oxygens (including phenoxy) is 2. The number of alkyl carbamates (subject to hydrolysis) is 1. The second kappa shape index (κ2) is 6.41. The van der Waals surface area contributed by atoms with E-state index in [2.05, 4.69) is 10.3 Å². The highest BCUT2D eigenvalue weighted by Crippen LogP contribution is 2.14. The summed E-state index contributed by atoms with van der Waals surface area (Å²) < 4.78 is 10.5. The molecule has 0 saturated heterocycles. The van der Waals surface area contributed by atoms with Crippen molar-refractivity contribution in [2.45, 2.75) is 46.8 Å². The van der Waals surface area contributed by atoms with Gasteiger partial charge in [-0.25, -0.2) is 9.78 Å². The van der Waals surface area contributed by atoms with E-state index in [1.807, 2.05) is 40.7 Å². The monoisotopic (exact) mass is 266 g/mol. The highest BCUT2D eigenvalue weighted by atomic mass is 16.6. The van der Waals surface area contributed by atoms with Gasteiger partial charge < -0.3 is 14.8 Å². The number of hydrogen-bond acceptors (Lipinski definition) is 4. The van der Waals surface area contributed by atoms with E-state index in [0.717, 1.165) is 11.1 Å². The third-order valence-electron chi connectivity index (χ3n) is 2.31. The Morgan fingerprint density at radius 3 is 2.63 bits per heavy atom. The minimum Gasteiger partial charge on any atom is -0.478 e. The third-order valence-corrected chi connectivity index (χ3v) is 2.31. The van der Waals surface area contributed by atoms with Crippen LogP contribution in [0.25, 0.3) is 0 Å². The fraction of sp³-hybridized carbons (Fsp3) is 0.571. The topological polar surface area (TPSA) is 60.5 Å². The maximum absolute atomic E-state index is 11.5. The van der Waals surface area contributed by atoms with Crippen LogP contribution in [0.3, 0.4) is 0 Å². The van der Waals surface area contributed by atoms with Crippen LogP contribution in [0.4, 0.5) is 4.79 Å². The van der Waals surface area contributed by atoms with Crippen molar-refractivity contribution in [2.75, 3.05) is 6.61 Å². The van der Waals surface area contributed by atoms with Crippen LogP contribution in [0.1, 0.15) is 38.8 Å². The lowest BCUT2D eigenvalue weighted by molar-refractivity contribution is 0.0523. The number of pyridine rings is 1. The van der Waals surface area contributed by atoms with E-state index >= 15 is 0 Å². The average molecular weight is 266 g/mol. The second-order valence-corrected chi connectivity index (χ2v) is 5.24. The van der Waals surface area contributed by atoms with Gasteiger partial charge in [0.25, 0.3) is 0 Å². The summed E-state index contributed by atoms with van der Waals surface area (Å²) in [5.74, 6) is 0.598. The molecule has 19 heavy (non-hydrogen) atoms. The largest absolute Gasteiger partial charge is 0.478 e. The maximum Gasteiger partial charge on any atom is 0.407 e. The SMILES string of the molecule is CCOc1cc(C)c(CNC(=O)OC(C)(C)C)cn1. The van der Waals surface area contributed by atoms with Gasteiger partial charge in [0.2, 0.25) is 5.88 Å². The Morgan fingerprint density at radius 1 is 1.42 bits per heavy atom. The number of nitrogens with zero attached hydrogens (tertiary/aromatic N) is 1. The molecular formula is C14H22N2O3. The second-order valence-electron chi connectivity index (χ2n) is 5.24. The Hall–Kier alpha value is -1.78. The van der Waals surface area contributed by atoms with E-state index < -0.39 is 11.7 Å². The lowest BCUT2D eigenvalue weighted by atomic mass is 10.1. The minimum absolute atomic E-state index is 0.389. The molecule has 1 aromatic heterocycles. The molecule has 0 saturated carbocycles. The highest BCUT2D eigenvalue weighted by molar-refractivity contribution is 5.67. The number of aromatic nitrogens is 1. The van der Waals surface area contributed by atoms with Crippen LogP contribution in [0.5, 0.6) is 5.88 Å². The van der Waals surface area contributed by atoms with Crippen molar-refractivity contribution in [1.29, 1.82) is 0 Å². The van der Waals surface area contributed by atoms with Crippen molar-refractivity contribution in [1.82, 2.24) is 10.3 Å². The summed E-state index contributed by atoms with van der Waals surface area (Å²) >= 11 is 0. The van der Waals surface area contributed by atoms with Gasteiger partial charge in [0.1, 0.15) is 5.60 Å². The average Bonchev–Trinajstić information content (AvgIpc) is 2.26. The molecule has 0 radical (unpaired) electrons. The van der Waals surface area contributed by atoms with Gasteiger partial charge in [-0.1, -0.05) is 0 Å². The van der Waals surface area contributed by atoms with Crippen molar-refractivity contribution in [3.8, 4) is 5.88 Å². The fourth-order valence-corrected chi connectivity index (χ4v) is 1.45. The van der Waals surface area contributed by atoms with Gasteiger partial charge in [-0.3, -0.25) is 0 Å². The normalized spacial score (nSPS) is 11.0. The van der Waals surface area contributed by atoms with Crippen LogP contribution in [-0.4, -0.2) is 23.3 Å². The summed E-state index contributed by atoms with van der Waals surface area (Å²) in [5, 5.41) is 2.71. The first-order valence-corrected chi connectivity index (χ1v) is 6.37. The minimum atomic E-state index is -0.490. The number of nitrogens with one attached hydrogen (secondary N) is 1. The molecule has 1 heterocycles. The number of rotatable bonds is 4. The summed E-state index contributed by atoms with van der Waals surface area (Å²) in [4.78, 5) is 15.7. The molecule has 0 aliphatic heterocycles. The molecule has 5 nitrogen and oxygen atoms in total. The number of amides is 1. The molecule has 1 rings (SSSR count). The van der Waals surface area contributed by atoms with Crippen molar-refractivity contribution < 1.29 is 14.3 Å². The summed E-state index contributed by atoms with van der Waals surface area (Å²) in [5.41, 5.74) is 1.47. The Labute approximate surface area is 114 Å². The van der Waals surface area contributed by atoms with Crippen LogP contribution >= 0.6 is 0 Å². The van der Waals surface area contributed by atoms with Gasteiger partial charge in [0, 0.05) is 18.8 Å². The summed E-state index contributed by atoms with van der Waals surface area (Å²) in [6, 6.07) is 1.86. The zero-order valence-corrected chi connectivity index (χ0v) is 12.2. The van der Waals surface area contributed by atoms with Gasteiger partial charge in [-0.15, -0.1) is 0 Å². The first kappa shape index (κ1) is 15.3. The number of hydrogen-bond donors (Lipinski definition) is 1. The van der Waals surface area contributed by atoms with Gasteiger partial charge in [-0.05, 0) is 45.7 Å². The van der Waals surface area contributed by atoms with E-state index in [0.29, 0.717) is 19.0 Å². The maximum atomic E-state index is 11.5. The summed E-state index contributed by atoms with van der Waals surface area (Å²) in [6.07, 6.45) is 1.28. The molecule has 0 aliphatic rings. The van der Waals surface area contributed by atoms with E-state index in [1.165, 1.54) is 0 Å². The number of carbonyl (C=O) groups excluding carboxylic acids is 1. The van der Waals surface area contributed by atoms with Crippen LogP contribution in [0.15, 0.2) is 12.3 Å². The van der Waals surface area contributed by atoms with Gasteiger partial charge in [-0.2, -0.15) is 0 Å². The number of carbonyl (C=O) groups is 1. The lowest BCUT2D eigenvalue weighted by Gasteiger charge is -2.19. The van der Waals surface area contributed by atoms with E-state index in [1.54, 1.807) is 6.20 Å². The van der Waals surface area contributed by atoms with E-state index in [4.69, 9.17) is 9.47 Å². The van der Waals surface area contributed by atoms with E-state index in [-0.39, 0.29) is 0 Å². The predicted molar refractivity (Wildman–Crippen MR) is 73.2 cm³/mol. The molecule has 0 unspecified atom stereocenters. The Balaban J connectivity index is 2.56. The van der Waals surface area contributed by atoms with Crippen LogP contribution in [0.2, 0.25) is 0 Å². The molecule has 1 amide bonds. The Kier molecular flexibility index (Phi) is 5.15. The molecule has 0 atom stereocenters. The van der Waals surface area contributed by atoms with Crippen molar-refractivity contribution in [3.05, 3.63) is 23.4 Å². The smallest absolute Gasteiger partial charge is 0.407 e. The molecule has 1 N–H and O–H groups in total. The molecule has 5 heteroatoms. The van der Waals surface area contributed by atoms with Crippen molar-refractivity contribution in [3.63, 3.8) is 0 Å². The molecule has 0 aromatic carbocycles. The van der Waals surface area contributed by atoms with Crippen LogP contribution in [0, 0.1) is 6.92 Å². The Bertz CT molecular complexity index is 439. The quantitative estimate of drug-likeness (QED) is 0.910. The summed E-state index contributed by atoms with van der Waals surface area (Å²) in [7, 11) is 0. The molecule has 1 aromatic rings. The van der Waals surface area contributed by atoms with E-state index in [9.17, 15) is 4.79 Å². The summed E-state index contributed by atoms with van der Waals surface area (Å²) in [6.45, 7) is 10.3. The number of aryl methyl sites for hydroxylation is 1. The molecular weight excluding hydrogens is 244 g/mol. The Morgan fingerprint density at radius 2 is 2.11 bits per heavy atom. The first-order valence-electron chi connectivity index (χ1n) is 6.37. The van der Waals surface area contributed by atoms with Crippen molar-refractivity contribution in [2.24, 2.45) is 0 Å². The zero-order chi connectivity index (χ0) is 14.5. The molecule has 106 valence electrons. The van der Waals surface area contributed by atoms with Crippen molar-refractivity contribution >= 4 is 6.09 Å². The van der Waals surface area contributed by atoms with Crippen LogP contribution < -0.4 is 10.1 Å². The molecule has 0 spiro atoms.